The minimum Gasteiger partial charge on any atom is -0.368 e. The first kappa shape index (κ1) is 32.6. The molecule has 44 heavy (non-hydrogen) atoms. The number of hydrogen-bond donors (Lipinski definition) is 2. The third kappa shape index (κ3) is 6.33. The molecule has 3 aromatic rings. The zero-order valence-corrected chi connectivity index (χ0v) is 23.9. The highest BCUT2D eigenvalue weighted by atomic mass is 19.4. The summed E-state index contributed by atoms with van der Waals surface area (Å²) < 4.78 is 95.9. The average Bonchev–Trinajstić information content (AvgIpc) is 3.45. The SMILES string of the molecule is C=CC(C)(C(=O)N(C)c1cnc(C2CCC(C(N)=O)N2)cc1-c1ccc(F)cc1C)c1cc(C(F)(F)F)cc(C(F)(F)F)c1. The van der Waals surface area contributed by atoms with E-state index < -0.39 is 58.1 Å². The Morgan fingerprint density at radius 1 is 0.977 bits per heavy atom. The first-order valence-electron chi connectivity index (χ1n) is 13.4. The number of halogens is 7. The lowest BCUT2D eigenvalue weighted by Crippen LogP contribution is -2.43. The van der Waals surface area contributed by atoms with Crippen molar-refractivity contribution >= 4 is 17.5 Å². The Balaban J connectivity index is 1.85. The number of hydrogen-bond acceptors (Lipinski definition) is 4. The van der Waals surface area contributed by atoms with Gasteiger partial charge in [-0.1, -0.05) is 12.1 Å². The number of likely N-dealkylation sites (N-methyl/N-ethyl adjacent to an activating group) is 1. The van der Waals surface area contributed by atoms with Crippen LogP contribution in [0.25, 0.3) is 11.1 Å². The van der Waals surface area contributed by atoms with E-state index in [1.807, 2.05) is 0 Å². The van der Waals surface area contributed by atoms with Crippen LogP contribution in [0.15, 0.2) is 61.3 Å². The van der Waals surface area contributed by atoms with E-state index in [0.29, 0.717) is 47.4 Å². The highest BCUT2D eigenvalue weighted by molar-refractivity contribution is 6.04. The molecule has 2 aromatic carbocycles. The van der Waals surface area contributed by atoms with Crippen LogP contribution in [-0.4, -0.2) is 29.9 Å². The number of carbonyl (C=O) groups is 2. The summed E-state index contributed by atoms with van der Waals surface area (Å²) in [7, 11) is 1.30. The second-order valence-corrected chi connectivity index (χ2v) is 10.9. The molecule has 3 atom stereocenters. The minimum absolute atomic E-state index is 0.0148. The predicted octanol–water partition coefficient (Wildman–Crippen LogP) is 6.62. The van der Waals surface area contributed by atoms with Crippen molar-refractivity contribution in [2.45, 2.75) is 56.5 Å². The van der Waals surface area contributed by atoms with Gasteiger partial charge in [-0.3, -0.25) is 19.9 Å². The molecule has 0 spiro atoms. The van der Waals surface area contributed by atoms with Gasteiger partial charge in [-0.2, -0.15) is 26.3 Å². The van der Waals surface area contributed by atoms with Crippen molar-refractivity contribution in [3.8, 4) is 11.1 Å². The molecule has 0 aliphatic carbocycles. The van der Waals surface area contributed by atoms with Gasteiger partial charge >= 0.3 is 12.4 Å². The highest BCUT2D eigenvalue weighted by Gasteiger charge is 2.42. The monoisotopic (exact) mass is 622 g/mol. The second-order valence-electron chi connectivity index (χ2n) is 10.9. The summed E-state index contributed by atoms with van der Waals surface area (Å²) in [5, 5.41) is 3.10. The molecule has 4 rings (SSSR count). The topological polar surface area (TPSA) is 88.3 Å². The molecular formula is C31H29F7N4O2. The maximum absolute atomic E-state index is 14.0. The molecule has 0 bridgehead atoms. The maximum atomic E-state index is 14.0. The van der Waals surface area contributed by atoms with Crippen molar-refractivity contribution in [1.29, 1.82) is 0 Å². The van der Waals surface area contributed by atoms with Crippen molar-refractivity contribution in [3.05, 3.63) is 95.1 Å². The first-order chi connectivity index (χ1) is 20.4. The molecule has 3 N–H and O–H groups in total. The quantitative estimate of drug-likeness (QED) is 0.229. The maximum Gasteiger partial charge on any atom is 0.416 e. The molecule has 6 nitrogen and oxygen atoms in total. The van der Waals surface area contributed by atoms with Gasteiger partial charge in [-0.15, -0.1) is 6.58 Å². The molecule has 1 saturated heterocycles. The van der Waals surface area contributed by atoms with Crippen LogP contribution in [0.2, 0.25) is 0 Å². The van der Waals surface area contributed by atoms with Crippen molar-refractivity contribution in [3.63, 3.8) is 0 Å². The van der Waals surface area contributed by atoms with Crippen LogP contribution in [0.3, 0.4) is 0 Å². The molecular weight excluding hydrogens is 593 g/mol. The van der Waals surface area contributed by atoms with Crippen LogP contribution in [0.5, 0.6) is 0 Å². The standard InChI is InChI=1S/C31H29F7N4O2/c1-5-29(3,17-11-18(30(33,34)35)13-19(12-17)31(36,37)38)28(44)42(4)26-15-40-25(23-8-9-24(41-23)27(39)43)14-22(26)21-7-6-20(32)10-16(21)2/h5-7,10-15,23-24,41H,1,8-9H2,2-4H3,(H2,39,43). The largest absolute Gasteiger partial charge is 0.416 e. The van der Waals surface area contributed by atoms with E-state index in [2.05, 4.69) is 16.9 Å². The van der Waals surface area contributed by atoms with Gasteiger partial charge in [-0.05, 0) is 79.8 Å². The van der Waals surface area contributed by atoms with E-state index in [0.717, 1.165) is 11.0 Å². The number of nitrogens with zero attached hydrogens (tertiary/aromatic N) is 2. The number of nitrogens with one attached hydrogen (secondary N) is 1. The molecule has 1 aromatic heterocycles. The van der Waals surface area contributed by atoms with E-state index in [4.69, 9.17) is 5.73 Å². The number of amides is 2. The second kappa shape index (κ2) is 11.7. The Labute approximate surface area is 248 Å². The fraction of sp³-hybridized carbons (Fsp3) is 0.323. The first-order valence-corrected chi connectivity index (χ1v) is 13.4. The number of benzene rings is 2. The minimum atomic E-state index is -5.12. The number of pyridine rings is 1. The number of rotatable bonds is 7. The average molecular weight is 623 g/mol. The molecule has 1 aliphatic heterocycles. The highest BCUT2D eigenvalue weighted by Crippen LogP contribution is 2.42. The van der Waals surface area contributed by atoms with Gasteiger partial charge in [0.25, 0.3) is 0 Å². The van der Waals surface area contributed by atoms with Crippen molar-refractivity contribution < 1.29 is 40.3 Å². The molecule has 13 heteroatoms. The molecule has 234 valence electrons. The molecule has 2 amide bonds. The van der Waals surface area contributed by atoms with Crippen molar-refractivity contribution in [2.75, 3.05) is 11.9 Å². The summed E-state index contributed by atoms with van der Waals surface area (Å²) in [5.74, 6) is -1.95. The van der Waals surface area contributed by atoms with Gasteiger partial charge in [0.1, 0.15) is 5.82 Å². The van der Waals surface area contributed by atoms with Gasteiger partial charge in [0.05, 0.1) is 46.2 Å². The Bertz CT molecular complexity index is 1590. The predicted molar refractivity (Wildman–Crippen MR) is 150 cm³/mol. The number of aromatic nitrogens is 1. The van der Waals surface area contributed by atoms with E-state index in [1.165, 1.54) is 38.4 Å². The van der Waals surface area contributed by atoms with Crippen LogP contribution in [0.1, 0.15) is 53.8 Å². The number of nitrogens with two attached hydrogens (primary N) is 1. The number of carbonyl (C=O) groups excluding carboxylic acids is 2. The van der Waals surface area contributed by atoms with Gasteiger partial charge in [0.15, 0.2) is 0 Å². The van der Waals surface area contributed by atoms with Gasteiger partial charge in [0.2, 0.25) is 11.8 Å². The molecule has 2 heterocycles. The summed E-state index contributed by atoms with van der Waals surface area (Å²) in [6.45, 7) is 6.38. The fourth-order valence-corrected chi connectivity index (χ4v) is 5.31. The van der Waals surface area contributed by atoms with Crippen LogP contribution in [0.4, 0.5) is 36.4 Å². The van der Waals surface area contributed by atoms with Crippen LogP contribution < -0.4 is 16.0 Å². The number of alkyl halides is 6. The number of anilines is 1. The molecule has 0 saturated carbocycles. The Morgan fingerprint density at radius 3 is 2.07 bits per heavy atom. The van der Waals surface area contributed by atoms with Crippen LogP contribution >= 0.6 is 0 Å². The lowest BCUT2D eigenvalue weighted by Gasteiger charge is -2.32. The summed E-state index contributed by atoms with van der Waals surface area (Å²) in [6.07, 6.45) is -6.95. The summed E-state index contributed by atoms with van der Waals surface area (Å²) in [4.78, 5) is 31.2. The molecule has 1 aliphatic rings. The van der Waals surface area contributed by atoms with Crippen LogP contribution in [-0.2, 0) is 27.4 Å². The summed E-state index contributed by atoms with van der Waals surface area (Å²) in [6, 6.07) is 5.61. The van der Waals surface area contributed by atoms with E-state index in [-0.39, 0.29) is 17.8 Å². The van der Waals surface area contributed by atoms with E-state index in [9.17, 15) is 40.3 Å². The van der Waals surface area contributed by atoms with E-state index >= 15 is 0 Å². The van der Waals surface area contributed by atoms with Gasteiger partial charge in [0, 0.05) is 12.6 Å². The Hall–Kier alpha value is -4.26. The smallest absolute Gasteiger partial charge is 0.368 e. The zero-order valence-electron chi connectivity index (χ0n) is 23.9. The third-order valence-corrected chi connectivity index (χ3v) is 7.94. The Morgan fingerprint density at radius 2 is 1.57 bits per heavy atom. The lowest BCUT2D eigenvalue weighted by molar-refractivity contribution is -0.143. The van der Waals surface area contributed by atoms with Gasteiger partial charge < -0.3 is 10.6 Å². The fourth-order valence-electron chi connectivity index (χ4n) is 5.31. The van der Waals surface area contributed by atoms with Crippen molar-refractivity contribution in [1.82, 2.24) is 10.3 Å². The summed E-state index contributed by atoms with van der Waals surface area (Å²) >= 11 is 0. The molecule has 3 unspecified atom stereocenters. The summed E-state index contributed by atoms with van der Waals surface area (Å²) in [5.41, 5.74) is 1.66. The number of aryl methyl sites for hydroxylation is 1. The molecule has 0 radical (unpaired) electrons. The van der Waals surface area contributed by atoms with Crippen LogP contribution in [0, 0.1) is 12.7 Å². The normalized spacial score (nSPS) is 18.5. The third-order valence-electron chi connectivity index (χ3n) is 7.94. The number of primary amides is 1. The lowest BCUT2D eigenvalue weighted by atomic mass is 9.79. The zero-order chi connectivity index (χ0) is 32.8. The van der Waals surface area contributed by atoms with Crippen molar-refractivity contribution in [2.24, 2.45) is 5.73 Å². The molecule has 1 fully saturated rings. The van der Waals surface area contributed by atoms with E-state index in [1.54, 1.807) is 13.0 Å². The Kier molecular flexibility index (Phi) is 8.67. The van der Waals surface area contributed by atoms with Gasteiger partial charge in [-0.25, -0.2) is 4.39 Å².